The van der Waals surface area contributed by atoms with Gasteiger partial charge in [-0.1, -0.05) is 38.5 Å². The fourth-order valence-electron chi connectivity index (χ4n) is 6.96. The van der Waals surface area contributed by atoms with Gasteiger partial charge in [0.2, 0.25) is 0 Å². The van der Waals surface area contributed by atoms with Crippen molar-refractivity contribution in [3.05, 3.63) is 35.5 Å². The molecule has 4 aliphatic rings. The van der Waals surface area contributed by atoms with Crippen LogP contribution in [-0.2, 0) is 19.1 Å². The average molecular weight is 397 g/mol. The number of allylic oxidation sites excluding steroid dienone is 6. The van der Waals surface area contributed by atoms with E-state index in [-0.39, 0.29) is 29.0 Å². The fraction of sp³-hybridized carbons (Fsp3) is 0.640. The standard InChI is InChI=1S/C25H32O4/c1-15-12-18-19(23(3)9-6-17(27)13-21(15)23)7-10-24(4)20(18)8-11-25(24,5)22(28)14-29-16(2)26/h6-7,9,13,15,18,20H,8,10-12,14H2,1-5H3/t15-,18?,20?,23+,24-,25+/m0/s1. The van der Waals surface area contributed by atoms with E-state index in [0.717, 1.165) is 25.7 Å². The first-order valence-corrected chi connectivity index (χ1v) is 10.9. The summed E-state index contributed by atoms with van der Waals surface area (Å²) in [6.45, 7) is 10.1. The molecule has 2 unspecified atom stereocenters. The molecule has 0 bridgehead atoms. The second kappa shape index (κ2) is 6.52. The second-order valence-corrected chi connectivity index (χ2v) is 10.2. The molecular formula is C25H32O4. The number of fused-ring (bicyclic) bond motifs is 5. The number of rotatable bonds is 3. The molecule has 2 fully saturated rings. The third-order valence-electron chi connectivity index (χ3n) is 8.90. The molecule has 4 heteroatoms. The smallest absolute Gasteiger partial charge is 0.303 e. The number of hydrogen-bond donors (Lipinski definition) is 0. The van der Waals surface area contributed by atoms with Crippen LogP contribution in [0.4, 0.5) is 0 Å². The largest absolute Gasteiger partial charge is 0.458 e. The Morgan fingerprint density at radius 2 is 1.93 bits per heavy atom. The van der Waals surface area contributed by atoms with Crippen molar-refractivity contribution >= 4 is 17.5 Å². The first kappa shape index (κ1) is 20.3. The summed E-state index contributed by atoms with van der Waals surface area (Å²) in [6, 6.07) is 0. The molecule has 0 N–H and O–H groups in total. The molecule has 4 rings (SSSR count). The predicted octanol–water partition coefficient (Wildman–Crippen LogP) is 4.60. The topological polar surface area (TPSA) is 60.4 Å². The van der Waals surface area contributed by atoms with Gasteiger partial charge in [0.1, 0.15) is 0 Å². The van der Waals surface area contributed by atoms with Crippen LogP contribution in [0.5, 0.6) is 0 Å². The maximum Gasteiger partial charge on any atom is 0.303 e. The van der Waals surface area contributed by atoms with Crippen LogP contribution in [-0.4, -0.2) is 24.1 Å². The number of hydrogen-bond acceptors (Lipinski definition) is 4. The minimum atomic E-state index is -0.478. The SMILES string of the molecule is CC(=O)OCC(=O)[C@@]1(C)CCC2C3C[C@H](C)C4=CC(=O)C=C[C@]4(C)C3=CC[C@@]21C. The van der Waals surface area contributed by atoms with Crippen LogP contribution < -0.4 is 0 Å². The Bertz CT molecular complexity index is 877. The van der Waals surface area contributed by atoms with E-state index in [0.29, 0.717) is 17.8 Å². The third-order valence-corrected chi connectivity index (χ3v) is 8.90. The molecule has 0 aromatic carbocycles. The van der Waals surface area contributed by atoms with Crippen LogP contribution >= 0.6 is 0 Å². The molecule has 0 spiro atoms. The molecule has 4 aliphatic carbocycles. The van der Waals surface area contributed by atoms with E-state index >= 15 is 0 Å². The lowest BCUT2D eigenvalue weighted by Gasteiger charge is -2.55. The lowest BCUT2D eigenvalue weighted by molar-refractivity contribution is -0.152. The van der Waals surface area contributed by atoms with Crippen molar-refractivity contribution in [2.24, 2.45) is 34.0 Å². The molecule has 0 aromatic heterocycles. The molecule has 0 aromatic rings. The number of Topliss-reactive ketones (excluding diaryl/α,β-unsaturated/α-hetero) is 1. The van der Waals surface area contributed by atoms with Gasteiger partial charge in [-0.05, 0) is 73.5 Å². The van der Waals surface area contributed by atoms with Crippen LogP contribution in [0.15, 0.2) is 35.5 Å². The molecule has 2 saturated carbocycles. The lowest BCUT2D eigenvalue weighted by atomic mass is 9.48. The average Bonchev–Trinajstić information content (AvgIpc) is 2.94. The van der Waals surface area contributed by atoms with Crippen molar-refractivity contribution in [2.45, 2.75) is 60.3 Å². The van der Waals surface area contributed by atoms with Gasteiger partial charge in [0, 0.05) is 17.8 Å². The van der Waals surface area contributed by atoms with Gasteiger partial charge in [-0.3, -0.25) is 14.4 Å². The summed E-state index contributed by atoms with van der Waals surface area (Å²) in [7, 11) is 0. The fourth-order valence-corrected chi connectivity index (χ4v) is 6.96. The Balaban J connectivity index is 1.70. The molecule has 0 heterocycles. The molecule has 29 heavy (non-hydrogen) atoms. The predicted molar refractivity (Wildman–Crippen MR) is 111 cm³/mol. The van der Waals surface area contributed by atoms with E-state index in [1.165, 1.54) is 18.1 Å². The summed E-state index contributed by atoms with van der Waals surface area (Å²) in [4.78, 5) is 36.4. The van der Waals surface area contributed by atoms with Crippen LogP contribution in [0.25, 0.3) is 0 Å². The van der Waals surface area contributed by atoms with Crippen LogP contribution in [0.2, 0.25) is 0 Å². The summed E-state index contributed by atoms with van der Waals surface area (Å²) in [5, 5.41) is 0. The van der Waals surface area contributed by atoms with Crippen LogP contribution in [0, 0.1) is 34.0 Å². The zero-order valence-corrected chi connectivity index (χ0v) is 18.2. The van der Waals surface area contributed by atoms with E-state index in [2.05, 4.69) is 39.8 Å². The van der Waals surface area contributed by atoms with Crippen LogP contribution in [0.1, 0.15) is 60.3 Å². The van der Waals surface area contributed by atoms with Gasteiger partial charge in [-0.15, -0.1) is 0 Å². The van der Waals surface area contributed by atoms with Crippen molar-refractivity contribution in [1.82, 2.24) is 0 Å². The number of carbonyl (C=O) groups excluding carboxylic acids is 3. The first-order valence-electron chi connectivity index (χ1n) is 10.9. The number of ketones is 2. The highest BCUT2D eigenvalue weighted by molar-refractivity contribution is 6.01. The van der Waals surface area contributed by atoms with Gasteiger partial charge in [-0.25, -0.2) is 0 Å². The lowest BCUT2D eigenvalue weighted by Crippen LogP contribution is -2.50. The van der Waals surface area contributed by atoms with Gasteiger partial charge < -0.3 is 4.74 Å². The second-order valence-electron chi connectivity index (χ2n) is 10.2. The minimum Gasteiger partial charge on any atom is -0.458 e. The van der Waals surface area contributed by atoms with Gasteiger partial charge in [0.15, 0.2) is 18.2 Å². The van der Waals surface area contributed by atoms with E-state index in [1.54, 1.807) is 6.08 Å². The summed E-state index contributed by atoms with van der Waals surface area (Å²) in [5.41, 5.74) is 1.88. The minimum absolute atomic E-state index is 0.0494. The summed E-state index contributed by atoms with van der Waals surface area (Å²) in [6.07, 6.45) is 11.8. The van der Waals surface area contributed by atoms with Gasteiger partial charge >= 0.3 is 5.97 Å². The summed E-state index contributed by atoms with van der Waals surface area (Å²) in [5.74, 6) is 0.941. The van der Waals surface area contributed by atoms with Gasteiger partial charge in [0.05, 0.1) is 0 Å². The van der Waals surface area contributed by atoms with E-state index in [4.69, 9.17) is 4.74 Å². The van der Waals surface area contributed by atoms with Gasteiger partial charge in [0.25, 0.3) is 0 Å². The van der Waals surface area contributed by atoms with Crippen molar-refractivity contribution in [3.63, 3.8) is 0 Å². The Morgan fingerprint density at radius 3 is 2.62 bits per heavy atom. The van der Waals surface area contributed by atoms with E-state index < -0.39 is 11.4 Å². The highest BCUT2D eigenvalue weighted by Crippen LogP contribution is 2.68. The maximum atomic E-state index is 13.1. The Kier molecular flexibility index (Phi) is 4.56. The molecule has 4 nitrogen and oxygen atoms in total. The quantitative estimate of drug-likeness (QED) is 0.517. The number of esters is 1. The van der Waals surface area contributed by atoms with Crippen molar-refractivity contribution in [3.8, 4) is 0 Å². The van der Waals surface area contributed by atoms with E-state index in [1.807, 2.05) is 6.08 Å². The molecule has 156 valence electrons. The normalized spacial score (nSPS) is 42.9. The summed E-state index contributed by atoms with van der Waals surface area (Å²) < 4.78 is 5.07. The maximum absolute atomic E-state index is 13.1. The molecular weight excluding hydrogens is 364 g/mol. The highest BCUT2D eigenvalue weighted by Gasteiger charge is 2.63. The zero-order chi connectivity index (χ0) is 21.2. The molecule has 0 aliphatic heterocycles. The zero-order valence-electron chi connectivity index (χ0n) is 18.2. The first-order chi connectivity index (χ1) is 13.5. The van der Waals surface area contributed by atoms with Gasteiger partial charge in [-0.2, -0.15) is 0 Å². The van der Waals surface area contributed by atoms with Crippen molar-refractivity contribution in [1.29, 1.82) is 0 Å². The van der Waals surface area contributed by atoms with Crippen LogP contribution in [0.3, 0.4) is 0 Å². The molecule has 0 amide bonds. The Labute approximate surface area is 173 Å². The molecule has 6 atom stereocenters. The van der Waals surface area contributed by atoms with Crippen molar-refractivity contribution in [2.75, 3.05) is 6.61 Å². The molecule has 0 radical (unpaired) electrons. The highest BCUT2D eigenvalue weighted by atomic mass is 16.5. The van der Waals surface area contributed by atoms with Crippen molar-refractivity contribution < 1.29 is 19.1 Å². The Morgan fingerprint density at radius 1 is 1.21 bits per heavy atom. The van der Waals surface area contributed by atoms with E-state index in [9.17, 15) is 14.4 Å². The summed E-state index contributed by atoms with van der Waals surface area (Å²) >= 11 is 0. The Hall–Kier alpha value is -1.97. The number of ether oxygens (including phenoxy) is 1. The monoisotopic (exact) mass is 396 g/mol. The number of carbonyl (C=O) groups is 3. The third kappa shape index (κ3) is 2.74. The molecule has 0 saturated heterocycles.